The van der Waals surface area contributed by atoms with Gasteiger partial charge in [0.2, 0.25) is 0 Å². The van der Waals surface area contributed by atoms with Gasteiger partial charge in [-0.25, -0.2) is 18.7 Å². The van der Waals surface area contributed by atoms with Crippen molar-refractivity contribution < 1.29 is 13.6 Å². The van der Waals surface area contributed by atoms with Crippen LogP contribution < -0.4 is 5.32 Å². The topological polar surface area (TPSA) is 67.8 Å². The molecule has 0 saturated heterocycles. The molecule has 0 radical (unpaired) electrons. The maximum atomic E-state index is 14.1. The Hall–Kier alpha value is -4.04. The Morgan fingerprint density at radius 2 is 1.76 bits per heavy atom. The summed E-state index contributed by atoms with van der Waals surface area (Å²) in [4.78, 5) is 26.3. The Morgan fingerprint density at radius 3 is 2.58 bits per heavy atom. The lowest BCUT2D eigenvalue weighted by molar-refractivity contribution is 0.102. The van der Waals surface area contributed by atoms with Crippen LogP contribution >= 0.6 is 11.3 Å². The minimum absolute atomic E-state index is 0.0386. The van der Waals surface area contributed by atoms with Crippen molar-refractivity contribution in [3.63, 3.8) is 0 Å². The van der Waals surface area contributed by atoms with E-state index in [0.29, 0.717) is 22.2 Å². The van der Waals surface area contributed by atoms with Crippen LogP contribution in [0.5, 0.6) is 0 Å². The number of benzene rings is 2. The highest BCUT2D eigenvalue weighted by molar-refractivity contribution is 7.14. The van der Waals surface area contributed by atoms with Crippen molar-refractivity contribution in [1.82, 2.24) is 15.0 Å². The van der Waals surface area contributed by atoms with Gasteiger partial charge in [-0.2, -0.15) is 0 Å². The number of hydrogen-bond donors (Lipinski definition) is 1. The Labute approximate surface area is 191 Å². The molecule has 0 fully saturated rings. The van der Waals surface area contributed by atoms with E-state index in [9.17, 15) is 13.6 Å². The number of nitrogens with one attached hydrogen (secondary N) is 1. The molecule has 3 aromatic heterocycles. The average molecular weight is 458 g/mol. The molecule has 1 amide bonds. The van der Waals surface area contributed by atoms with Crippen LogP contribution in [0.3, 0.4) is 0 Å². The van der Waals surface area contributed by atoms with Crippen LogP contribution in [0.25, 0.3) is 33.4 Å². The lowest BCUT2D eigenvalue weighted by Gasteiger charge is -2.10. The van der Waals surface area contributed by atoms with Gasteiger partial charge in [0.05, 0.1) is 22.5 Å². The van der Waals surface area contributed by atoms with Gasteiger partial charge in [-0.05, 0) is 55.5 Å². The molecule has 3 heterocycles. The minimum Gasteiger partial charge on any atom is -0.298 e. The fraction of sp³-hybridized carbons (Fsp3) is 0.0400. The number of nitrogens with zero attached hydrogens (tertiary/aromatic N) is 3. The lowest BCUT2D eigenvalue weighted by atomic mass is 10.0. The lowest BCUT2D eigenvalue weighted by Crippen LogP contribution is -2.13. The Morgan fingerprint density at radius 1 is 0.939 bits per heavy atom. The van der Waals surface area contributed by atoms with E-state index in [1.807, 2.05) is 37.3 Å². The number of carbonyl (C=O) groups excluding carboxylic acids is 1. The van der Waals surface area contributed by atoms with Crippen LogP contribution in [-0.2, 0) is 0 Å². The van der Waals surface area contributed by atoms with E-state index in [0.717, 1.165) is 40.7 Å². The number of halogens is 2. The van der Waals surface area contributed by atoms with Crippen molar-refractivity contribution in [3.05, 3.63) is 95.1 Å². The van der Waals surface area contributed by atoms with E-state index in [-0.39, 0.29) is 22.3 Å². The Kier molecular flexibility index (Phi) is 5.35. The summed E-state index contributed by atoms with van der Waals surface area (Å²) in [6, 6.07) is 14.3. The van der Waals surface area contributed by atoms with Gasteiger partial charge in [0.15, 0.2) is 5.13 Å². The number of hydrogen-bond acceptors (Lipinski definition) is 5. The Balaban J connectivity index is 1.53. The second kappa shape index (κ2) is 8.48. The van der Waals surface area contributed by atoms with Crippen molar-refractivity contribution in [2.24, 2.45) is 0 Å². The molecule has 0 atom stereocenters. The van der Waals surface area contributed by atoms with Crippen LogP contribution in [0.15, 0.2) is 72.4 Å². The predicted molar refractivity (Wildman–Crippen MR) is 125 cm³/mol. The zero-order valence-corrected chi connectivity index (χ0v) is 18.2. The molecule has 0 aliphatic heterocycles. The van der Waals surface area contributed by atoms with Crippen LogP contribution in [0.4, 0.5) is 13.9 Å². The second-order valence-corrected chi connectivity index (χ2v) is 8.29. The monoisotopic (exact) mass is 458 g/mol. The molecule has 33 heavy (non-hydrogen) atoms. The molecule has 0 aliphatic carbocycles. The fourth-order valence-corrected chi connectivity index (χ4v) is 4.22. The summed E-state index contributed by atoms with van der Waals surface area (Å²) in [5.74, 6) is -1.52. The third-order valence-electron chi connectivity index (χ3n) is 5.11. The van der Waals surface area contributed by atoms with Gasteiger partial charge in [-0.1, -0.05) is 11.6 Å². The van der Waals surface area contributed by atoms with Crippen molar-refractivity contribution in [3.8, 4) is 22.5 Å². The number of fused-ring (bicyclic) bond motifs is 1. The first-order chi connectivity index (χ1) is 16.0. The molecule has 0 aliphatic rings. The molecule has 0 spiro atoms. The van der Waals surface area contributed by atoms with Gasteiger partial charge in [0.25, 0.3) is 5.91 Å². The molecular formula is C25H16F2N4OS. The molecule has 162 valence electrons. The molecule has 8 heteroatoms. The molecule has 0 bridgehead atoms. The van der Waals surface area contributed by atoms with Crippen molar-refractivity contribution in [2.45, 2.75) is 6.92 Å². The number of anilines is 1. The molecule has 2 aromatic carbocycles. The summed E-state index contributed by atoms with van der Waals surface area (Å²) in [5, 5.41) is 5.35. The normalized spacial score (nSPS) is 11.0. The van der Waals surface area contributed by atoms with E-state index in [1.54, 1.807) is 23.8 Å². The largest absolute Gasteiger partial charge is 0.298 e. The van der Waals surface area contributed by atoms with Gasteiger partial charge in [-0.3, -0.25) is 15.1 Å². The van der Waals surface area contributed by atoms with Gasteiger partial charge >= 0.3 is 0 Å². The van der Waals surface area contributed by atoms with Gasteiger partial charge in [-0.15, -0.1) is 11.3 Å². The summed E-state index contributed by atoms with van der Waals surface area (Å²) >= 11 is 1.14. The number of aryl methyl sites for hydroxylation is 1. The highest BCUT2D eigenvalue weighted by Gasteiger charge is 2.17. The maximum Gasteiger partial charge on any atom is 0.258 e. The van der Waals surface area contributed by atoms with Crippen molar-refractivity contribution in [1.29, 1.82) is 0 Å². The zero-order chi connectivity index (χ0) is 22.9. The predicted octanol–water partition coefficient (Wildman–Crippen LogP) is 6.26. The summed E-state index contributed by atoms with van der Waals surface area (Å²) in [6.45, 7) is 1.94. The first-order valence-corrected chi connectivity index (χ1v) is 10.9. The van der Waals surface area contributed by atoms with E-state index in [2.05, 4.69) is 15.3 Å². The van der Waals surface area contributed by atoms with E-state index in [1.165, 1.54) is 0 Å². The number of aromatic nitrogens is 3. The highest BCUT2D eigenvalue weighted by atomic mass is 32.1. The minimum atomic E-state index is -0.586. The third kappa shape index (κ3) is 4.20. The first kappa shape index (κ1) is 20.8. The summed E-state index contributed by atoms with van der Waals surface area (Å²) in [7, 11) is 0. The number of thiazole rings is 1. The Bertz CT molecular complexity index is 1500. The van der Waals surface area contributed by atoms with E-state index < -0.39 is 11.6 Å². The van der Waals surface area contributed by atoms with Crippen LogP contribution in [0, 0.1) is 18.6 Å². The molecule has 0 unspecified atom stereocenters. The zero-order valence-electron chi connectivity index (χ0n) is 17.3. The van der Waals surface area contributed by atoms with Gasteiger partial charge < -0.3 is 0 Å². The van der Waals surface area contributed by atoms with Gasteiger partial charge in [0.1, 0.15) is 11.6 Å². The van der Waals surface area contributed by atoms with Crippen molar-refractivity contribution in [2.75, 3.05) is 5.32 Å². The van der Waals surface area contributed by atoms with Crippen LogP contribution in [0.2, 0.25) is 0 Å². The molecule has 0 saturated carbocycles. The SMILES string of the molecule is Cc1ccc2nc(-c3ccncc3)cc(C(=O)Nc3nc(-c4cc(F)ccc4F)cs3)c2c1. The summed E-state index contributed by atoms with van der Waals surface area (Å²) in [5.41, 5.74) is 3.87. The number of rotatable bonds is 4. The molecular weight excluding hydrogens is 442 g/mol. The standard InChI is InChI=1S/C25H16F2N4OS/c1-14-2-5-21-17(10-14)18(12-22(29-21)15-6-8-28-9-7-15)24(32)31-25-30-23(13-33-25)19-11-16(26)3-4-20(19)27/h2-13H,1H3,(H,30,31,32). The number of carbonyl (C=O) groups is 1. The van der Waals surface area contributed by atoms with E-state index in [4.69, 9.17) is 4.98 Å². The van der Waals surface area contributed by atoms with Crippen molar-refractivity contribution >= 4 is 33.3 Å². The molecule has 5 aromatic rings. The van der Waals surface area contributed by atoms with Crippen LogP contribution in [0.1, 0.15) is 15.9 Å². The summed E-state index contributed by atoms with van der Waals surface area (Å²) < 4.78 is 27.7. The average Bonchev–Trinajstić information content (AvgIpc) is 3.28. The molecule has 5 rings (SSSR count). The first-order valence-electron chi connectivity index (χ1n) is 10.0. The third-order valence-corrected chi connectivity index (χ3v) is 5.87. The maximum absolute atomic E-state index is 14.1. The van der Waals surface area contributed by atoms with Gasteiger partial charge in [0, 0.05) is 34.3 Å². The molecule has 1 N–H and O–H groups in total. The summed E-state index contributed by atoms with van der Waals surface area (Å²) in [6.07, 6.45) is 3.33. The number of pyridine rings is 2. The molecule has 5 nitrogen and oxygen atoms in total. The highest BCUT2D eigenvalue weighted by Crippen LogP contribution is 2.30. The van der Waals surface area contributed by atoms with Crippen LogP contribution in [-0.4, -0.2) is 20.9 Å². The quantitative estimate of drug-likeness (QED) is 0.345. The smallest absolute Gasteiger partial charge is 0.258 e. The number of amides is 1. The van der Waals surface area contributed by atoms with E-state index >= 15 is 0 Å². The fourth-order valence-electron chi connectivity index (χ4n) is 3.51. The second-order valence-electron chi connectivity index (χ2n) is 7.43.